The Morgan fingerprint density at radius 3 is 2.20 bits per heavy atom. The molecule has 98 valence electrons. The second-order valence-electron chi connectivity index (χ2n) is 4.33. The lowest BCUT2D eigenvalue weighted by Crippen LogP contribution is -2.21. The number of cyclic esters (lactones) is 2. The lowest BCUT2D eigenvalue weighted by molar-refractivity contribution is -0.131. The van der Waals surface area contributed by atoms with Crippen molar-refractivity contribution in [2.24, 2.45) is 0 Å². The van der Waals surface area contributed by atoms with Crippen LogP contribution < -0.4 is 0 Å². The van der Waals surface area contributed by atoms with Gasteiger partial charge in [-0.15, -0.1) is 0 Å². The number of esters is 2. The van der Waals surface area contributed by atoms with Crippen molar-refractivity contribution in [3.8, 4) is 0 Å². The van der Waals surface area contributed by atoms with Gasteiger partial charge in [0.2, 0.25) is 0 Å². The summed E-state index contributed by atoms with van der Waals surface area (Å²) in [7, 11) is 0. The third kappa shape index (κ3) is 2.30. The van der Waals surface area contributed by atoms with Crippen LogP contribution in [0.1, 0.15) is 21.5 Å². The van der Waals surface area contributed by atoms with Crippen molar-refractivity contribution in [3.05, 3.63) is 69.7 Å². The van der Waals surface area contributed by atoms with Gasteiger partial charge in [-0.25, -0.2) is 9.59 Å². The largest absolute Gasteiger partial charge is 0.386 e. The molecule has 1 aliphatic rings. The number of ether oxygens (including phenoxy) is 1. The van der Waals surface area contributed by atoms with Crippen molar-refractivity contribution in [1.82, 2.24) is 0 Å². The summed E-state index contributed by atoms with van der Waals surface area (Å²) < 4.78 is 5.73. The fourth-order valence-electron chi connectivity index (χ4n) is 2.06. The highest BCUT2D eigenvalue weighted by Gasteiger charge is 2.28. The average Bonchev–Trinajstić information content (AvgIpc) is 2.45. The number of benzene rings is 2. The molecule has 0 radical (unpaired) electrons. The van der Waals surface area contributed by atoms with E-state index in [4.69, 9.17) is 4.74 Å². The summed E-state index contributed by atoms with van der Waals surface area (Å²) in [6.07, 6.45) is 1.72. The lowest BCUT2D eigenvalue weighted by atomic mass is 9.96. The number of carbonyl (C=O) groups excluding carboxylic acids is 2. The number of rotatable bonds is 1. The normalized spacial score (nSPS) is 15.9. The Kier molecular flexibility index (Phi) is 3.24. The monoisotopic (exact) mass is 328 g/mol. The van der Waals surface area contributed by atoms with Crippen molar-refractivity contribution < 1.29 is 14.3 Å². The van der Waals surface area contributed by atoms with Gasteiger partial charge in [0.05, 0.1) is 11.1 Å². The first kappa shape index (κ1) is 12.8. The van der Waals surface area contributed by atoms with Crippen LogP contribution in [0.25, 0.3) is 11.6 Å². The zero-order valence-corrected chi connectivity index (χ0v) is 11.9. The van der Waals surface area contributed by atoms with Crippen LogP contribution in [0.4, 0.5) is 0 Å². The van der Waals surface area contributed by atoms with E-state index in [0.29, 0.717) is 16.7 Å². The molecule has 0 spiro atoms. The maximum absolute atomic E-state index is 11.9. The van der Waals surface area contributed by atoms with Gasteiger partial charge in [-0.1, -0.05) is 46.3 Å². The summed E-state index contributed by atoms with van der Waals surface area (Å²) in [6, 6.07) is 14.5. The maximum atomic E-state index is 11.9. The van der Waals surface area contributed by atoms with E-state index in [-0.39, 0.29) is 0 Å². The standard InChI is InChI=1S/C16H9BrO3/c17-11-7-5-10(6-8-11)9-14-12-3-1-2-4-13(12)15(18)20-16(14)19/h1-9H/b14-9-. The molecule has 1 heterocycles. The van der Waals surface area contributed by atoms with Crippen LogP contribution >= 0.6 is 15.9 Å². The average molecular weight is 329 g/mol. The van der Waals surface area contributed by atoms with Crippen LogP contribution in [-0.2, 0) is 9.53 Å². The molecule has 0 saturated heterocycles. The fourth-order valence-corrected chi connectivity index (χ4v) is 2.33. The molecule has 2 aromatic carbocycles. The van der Waals surface area contributed by atoms with Crippen molar-refractivity contribution in [2.75, 3.05) is 0 Å². The summed E-state index contributed by atoms with van der Waals surface area (Å²) in [5, 5.41) is 0. The molecule has 0 atom stereocenters. The van der Waals surface area contributed by atoms with E-state index in [1.165, 1.54) is 0 Å². The van der Waals surface area contributed by atoms with E-state index in [9.17, 15) is 9.59 Å². The van der Waals surface area contributed by atoms with Gasteiger partial charge in [-0.05, 0) is 29.8 Å². The minimum Gasteiger partial charge on any atom is -0.386 e. The van der Waals surface area contributed by atoms with Crippen LogP contribution in [0.2, 0.25) is 0 Å². The summed E-state index contributed by atoms with van der Waals surface area (Å²) in [6.45, 7) is 0. The smallest absolute Gasteiger partial charge is 0.346 e. The lowest BCUT2D eigenvalue weighted by Gasteiger charge is -2.16. The molecule has 0 aliphatic carbocycles. The molecule has 3 nitrogen and oxygen atoms in total. The summed E-state index contributed by atoms with van der Waals surface area (Å²) in [5.41, 5.74) is 2.28. The molecule has 0 aromatic heterocycles. The topological polar surface area (TPSA) is 43.4 Å². The van der Waals surface area contributed by atoms with E-state index in [0.717, 1.165) is 10.0 Å². The minimum atomic E-state index is -0.614. The minimum absolute atomic E-state index is 0.391. The summed E-state index contributed by atoms with van der Waals surface area (Å²) >= 11 is 3.36. The van der Waals surface area contributed by atoms with Crippen molar-refractivity contribution in [1.29, 1.82) is 0 Å². The third-order valence-corrected chi connectivity index (χ3v) is 3.55. The molecule has 0 fully saturated rings. The Hall–Kier alpha value is -2.20. The zero-order chi connectivity index (χ0) is 14.1. The fraction of sp³-hybridized carbons (Fsp3) is 0. The molecule has 0 saturated carbocycles. The molecule has 20 heavy (non-hydrogen) atoms. The third-order valence-electron chi connectivity index (χ3n) is 3.02. The van der Waals surface area contributed by atoms with Crippen molar-refractivity contribution in [3.63, 3.8) is 0 Å². The number of carbonyl (C=O) groups is 2. The van der Waals surface area contributed by atoms with Gasteiger partial charge in [0.15, 0.2) is 0 Å². The highest BCUT2D eigenvalue weighted by atomic mass is 79.9. The molecule has 0 amide bonds. The highest BCUT2D eigenvalue weighted by molar-refractivity contribution is 9.10. The van der Waals surface area contributed by atoms with Gasteiger partial charge in [0.25, 0.3) is 0 Å². The molecular weight excluding hydrogens is 320 g/mol. The molecule has 1 aliphatic heterocycles. The first-order chi connectivity index (χ1) is 9.65. The van der Waals surface area contributed by atoms with E-state index in [1.54, 1.807) is 30.3 Å². The van der Waals surface area contributed by atoms with E-state index < -0.39 is 11.9 Å². The summed E-state index contributed by atoms with van der Waals surface area (Å²) in [5.74, 6) is -1.21. The van der Waals surface area contributed by atoms with Gasteiger partial charge in [-0.2, -0.15) is 0 Å². The van der Waals surface area contributed by atoms with Gasteiger partial charge >= 0.3 is 11.9 Å². The van der Waals surface area contributed by atoms with Gasteiger partial charge in [0, 0.05) is 10.0 Å². The quantitative estimate of drug-likeness (QED) is 0.455. The Morgan fingerprint density at radius 1 is 0.850 bits per heavy atom. The first-order valence-electron chi connectivity index (χ1n) is 5.98. The number of halogens is 1. The molecule has 2 aromatic rings. The Labute approximate surface area is 124 Å². The summed E-state index contributed by atoms with van der Waals surface area (Å²) in [4.78, 5) is 23.6. The molecule has 0 bridgehead atoms. The van der Waals surface area contributed by atoms with E-state index >= 15 is 0 Å². The van der Waals surface area contributed by atoms with Crippen LogP contribution in [0.3, 0.4) is 0 Å². The van der Waals surface area contributed by atoms with Gasteiger partial charge < -0.3 is 4.74 Å². The Morgan fingerprint density at radius 2 is 1.50 bits per heavy atom. The predicted octanol–water partition coefficient (Wildman–Crippen LogP) is 3.69. The second-order valence-corrected chi connectivity index (χ2v) is 5.25. The Bertz CT molecular complexity index is 730. The maximum Gasteiger partial charge on any atom is 0.346 e. The van der Waals surface area contributed by atoms with Crippen molar-refractivity contribution >= 4 is 39.5 Å². The molecular formula is C16H9BrO3. The highest BCUT2D eigenvalue weighted by Crippen LogP contribution is 2.28. The van der Waals surface area contributed by atoms with Crippen LogP contribution in [0, 0.1) is 0 Å². The predicted molar refractivity (Wildman–Crippen MR) is 78.9 cm³/mol. The zero-order valence-electron chi connectivity index (χ0n) is 10.3. The first-order valence-corrected chi connectivity index (χ1v) is 6.77. The number of hydrogen-bond acceptors (Lipinski definition) is 3. The van der Waals surface area contributed by atoms with Crippen LogP contribution in [0.15, 0.2) is 53.0 Å². The molecule has 0 N–H and O–H groups in total. The molecule has 3 rings (SSSR count). The van der Waals surface area contributed by atoms with E-state index in [1.807, 2.05) is 24.3 Å². The molecule has 4 heteroatoms. The van der Waals surface area contributed by atoms with Crippen LogP contribution in [0.5, 0.6) is 0 Å². The van der Waals surface area contributed by atoms with Gasteiger partial charge in [-0.3, -0.25) is 0 Å². The number of fused-ring (bicyclic) bond motifs is 1. The van der Waals surface area contributed by atoms with E-state index in [2.05, 4.69) is 15.9 Å². The van der Waals surface area contributed by atoms with Gasteiger partial charge in [0.1, 0.15) is 0 Å². The molecule has 0 unspecified atom stereocenters. The van der Waals surface area contributed by atoms with Crippen molar-refractivity contribution in [2.45, 2.75) is 0 Å². The SMILES string of the molecule is O=C1OC(=O)c2ccccc2/C1=C/c1ccc(Br)cc1. The second kappa shape index (κ2) is 5.06. The van der Waals surface area contributed by atoms with Crippen LogP contribution in [-0.4, -0.2) is 11.9 Å². The Balaban J connectivity index is 2.13. The number of hydrogen-bond donors (Lipinski definition) is 0.